The van der Waals surface area contributed by atoms with E-state index in [1.54, 1.807) is 0 Å². The molecule has 1 saturated heterocycles. The van der Waals surface area contributed by atoms with Gasteiger partial charge in [0.25, 0.3) is 0 Å². The van der Waals surface area contributed by atoms with Crippen molar-refractivity contribution in [3.63, 3.8) is 0 Å². The lowest BCUT2D eigenvalue weighted by Crippen LogP contribution is -2.47. The summed E-state index contributed by atoms with van der Waals surface area (Å²) in [5.41, 5.74) is 1.38. The quantitative estimate of drug-likeness (QED) is 0.910. The number of ether oxygens (including phenoxy) is 3. The lowest BCUT2D eigenvalue weighted by Gasteiger charge is -2.38. The Morgan fingerprint density at radius 2 is 2.17 bits per heavy atom. The largest absolute Gasteiger partial charge is 0.454 e. The molecule has 2 heterocycles. The smallest absolute Gasteiger partial charge is 0.231 e. The molecule has 0 aliphatic carbocycles. The van der Waals surface area contributed by atoms with Gasteiger partial charge in [0.2, 0.25) is 6.79 Å². The molecule has 1 N–H and O–H groups in total. The maximum absolute atomic E-state index is 6.13. The zero-order chi connectivity index (χ0) is 12.6. The first-order valence-corrected chi connectivity index (χ1v) is 6.41. The summed E-state index contributed by atoms with van der Waals surface area (Å²) in [6.45, 7) is 5.85. The molecule has 0 atom stereocenters. The maximum Gasteiger partial charge on any atom is 0.231 e. The molecule has 0 spiro atoms. The molecule has 3 rings (SSSR count). The summed E-state index contributed by atoms with van der Waals surface area (Å²) >= 11 is 6.13. The second-order valence-corrected chi connectivity index (χ2v) is 5.63. The van der Waals surface area contributed by atoms with Gasteiger partial charge >= 0.3 is 0 Å². The van der Waals surface area contributed by atoms with Crippen LogP contribution in [0.3, 0.4) is 0 Å². The van der Waals surface area contributed by atoms with Crippen molar-refractivity contribution in [2.24, 2.45) is 5.41 Å². The van der Waals surface area contributed by atoms with E-state index in [1.165, 1.54) is 0 Å². The molecular formula is C13H16ClNO3. The number of fused-ring (bicyclic) bond motifs is 1. The van der Waals surface area contributed by atoms with Gasteiger partial charge in [-0.25, -0.2) is 0 Å². The highest BCUT2D eigenvalue weighted by molar-refractivity contribution is 6.32. The van der Waals surface area contributed by atoms with Gasteiger partial charge in [-0.1, -0.05) is 18.5 Å². The Bertz CT molecular complexity index is 460. The molecule has 1 aromatic rings. The number of hydrogen-bond acceptors (Lipinski definition) is 4. The second-order valence-electron chi connectivity index (χ2n) is 5.22. The summed E-state index contributed by atoms with van der Waals surface area (Å²) in [7, 11) is 0. The zero-order valence-corrected chi connectivity index (χ0v) is 11.0. The molecule has 0 unspecified atom stereocenters. The summed E-state index contributed by atoms with van der Waals surface area (Å²) in [4.78, 5) is 0. The Morgan fingerprint density at radius 1 is 1.33 bits per heavy atom. The number of halogens is 1. The van der Waals surface area contributed by atoms with E-state index in [1.807, 2.05) is 12.1 Å². The Labute approximate surface area is 111 Å². The van der Waals surface area contributed by atoms with Crippen molar-refractivity contribution in [1.82, 2.24) is 5.32 Å². The third-order valence-electron chi connectivity index (χ3n) is 3.27. The van der Waals surface area contributed by atoms with Crippen LogP contribution in [0.15, 0.2) is 12.1 Å². The minimum absolute atomic E-state index is 0.251. The van der Waals surface area contributed by atoms with Crippen LogP contribution in [0.1, 0.15) is 12.5 Å². The predicted octanol–water partition coefficient (Wildman–Crippen LogP) is 2.19. The summed E-state index contributed by atoms with van der Waals surface area (Å²) in [6, 6.07) is 3.89. The van der Waals surface area contributed by atoms with Gasteiger partial charge in [-0.05, 0) is 17.7 Å². The van der Waals surface area contributed by atoms with Gasteiger partial charge in [0, 0.05) is 18.5 Å². The molecule has 0 radical (unpaired) electrons. The predicted molar refractivity (Wildman–Crippen MR) is 68.2 cm³/mol. The van der Waals surface area contributed by atoms with Crippen LogP contribution in [0.4, 0.5) is 0 Å². The Kier molecular flexibility index (Phi) is 3.09. The van der Waals surface area contributed by atoms with Crippen molar-refractivity contribution in [3.05, 3.63) is 22.7 Å². The standard InChI is InChI=1S/C13H16ClNO3/c1-13(6-16-7-13)5-15-4-9-2-10(14)12-11(3-9)17-8-18-12/h2-3,15H,4-8H2,1H3. The van der Waals surface area contributed by atoms with E-state index in [0.29, 0.717) is 10.8 Å². The second kappa shape index (κ2) is 4.61. The number of nitrogens with one attached hydrogen (secondary N) is 1. The molecule has 0 saturated carbocycles. The van der Waals surface area contributed by atoms with Crippen molar-refractivity contribution in [3.8, 4) is 11.5 Å². The fourth-order valence-electron chi connectivity index (χ4n) is 2.18. The van der Waals surface area contributed by atoms with Gasteiger partial charge in [-0.2, -0.15) is 0 Å². The minimum Gasteiger partial charge on any atom is -0.454 e. The first-order valence-electron chi connectivity index (χ1n) is 6.03. The lowest BCUT2D eigenvalue weighted by molar-refractivity contribution is -0.0991. The van der Waals surface area contributed by atoms with Gasteiger partial charge in [0.1, 0.15) is 0 Å². The molecule has 0 aromatic heterocycles. The molecule has 5 heteroatoms. The monoisotopic (exact) mass is 269 g/mol. The number of benzene rings is 1. The minimum atomic E-state index is 0.251. The average Bonchev–Trinajstić information content (AvgIpc) is 2.75. The molecule has 0 bridgehead atoms. The van der Waals surface area contributed by atoms with Crippen molar-refractivity contribution >= 4 is 11.6 Å². The molecular weight excluding hydrogens is 254 g/mol. The van der Waals surface area contributed by atoms with Gasteiger partial charge in [-0.3, -0.25) is 0 Å². The van der Waals surface area contributed by atoms with Gasteiger partial charge < -0.3 is 19.5 Å². The molecule has 1 fully saturated rings. The first kappa shape index (κ1) is 12.1. The van der Waals surface area contributed by atoms with E-state index in [4.69, 9.17) is 25.8 Å². The van der Waals surface area contributed by atoms with Gasteiger partial charge in [0.05, 0.1) is 18.2 Å². The molecule has 4 nitrogen and oxygen atoms in total. The highest BCUT2D eigenvalue weighted by Gasteiger charge is 2.32. The summed E-state index contributed by atoms with van der Waals surface area (Å²) in [6.07, 6.45) is 0. The van der Waals surface area contributed by atoms with Crippen LogP contribution in [0.5, 0.6) is 11.5 Å². The summed E-state index contributed by atoms with van der Waals surface area (Å²) in [5, 5.41) is 4.04. The zero-order valence-electron chi connectivity index (χ0n) is 10.3. The van der Waals surface area contributed by atoms with Crippen LogP contribution in [0, 0.1) is 5.41 Å². The van der Waals surface area contributed by atoms with Crippen LogP contribution in [0.25, 0.3) is 0 Å². The molecule has 2 aliphatic heterocycles. The maximum atomic E-state index is 6.13. The number of rotatable bonds is 4. The molecule has 2 aliphatic rings. The van der Waals surface area contributed by atoms with Crippen molar-refractivity contribution < 1.29 is 14.2 Å². The third kappa shape index (κ3) is 2.28. The van der Waals surface area contributed by atoms with E-state index < -0.39 is 0 Å². The fraction of sp³-hybridized carbons (Fsp3) is 0.538. The highest BCUT2D eigenvalue weighted by atomic mass is 35.5. The summed E-state index contributed by atoms with van der Waals surface area (Å²) < 4.78 is 15.8. The van der Waals surface area contributed by atoms with Crippen molar-refractivity contribution in [2.75, 3.05) is 26.6 Å². The number of hydrogen-bond donors (Lipinski definition) is 1. The lowest BCUT2D eigenvalue weighted by atomic mass is 9.89. The van der Waals surface area contributed by atoms with Crippen molar-refractivity contribution in [2.45, 2.75) is 13.5 Å². The normalized spacial score (nSPS) is 19.7. The van der Waals surface area contributed by atoms with E-state index >= 15 is 0 Å². The highest BCUT2D eigenvalue weighted by Crippen LogP contribution is 2.39. The topological polar surface area (TPSA) is 39.7 Å². The van der Waals surface area contributed by atoms with Gasteiger partial charge in [-0.15, -0.1) is 0 Å². The molecule has 1 aromatic carbocycles. The summed E-state index contributed by atoms with van der Waals surface area (Å²) in [5.74, 6) is 1.39. The van der Waals surface area contributed by atoms with Crippen LogP contribution >= 0.6 is 11.6 Å². The first-order chi connectivity index (χ1) is 8.66. The SMILES string of the molecule is CC1(CNCc2cc(Cl)c3c(c2)OCO3)COC1. The van der Waals surface area contributed by atoms with Crippen LogP contribution in [0.2, 0.25) is 5.02 Å². The van der Waals surface area contributed by atoms with Crippen LogP contribution < -0.4 is 14.8 Å². The Balaban J connectivity index is 1.61. The van der Waals surface area contributed by atoms with Crippen LogP contribution in [-0.4, -0.2) is 26.6 Å². The van der Waals surface area contributed by atoms with Crippen LogP contribution in [-0.2, 0) is 11.3 Å². The molecule has 0 amide bonds. The molecule has 18 heavy (non-hydrogen) atoms. The van der Waals surface area contributed by atoms with E-state index in [0.717, 1.165) is 37.6 Å². The van der Waals surface area contributed by atoms with E-state index in [-0.39, 0.29) is 12.2 Å². The average molecular weight is 270 g/mol. The van der Waals surface area contributed by atoms with Crippen molar-refractivity contribution in [1.29, 1.82) is 0 Å². The Morgan fingerprint density at radius 3 is 2.89 bits per heavy atom. The van der Waals surface area contributed by atoms with E-state index in [9.17, 15) is 0 Å². The third-order valence-corrected chi connectivity index (χ3v) is 3.55. The fourth-order valence-corrected chi connectivity index (χ4v) is 2.47. The Hall–Kier alpha value is -0.970. The van der Waals surface area contributed by atoms with Gasteiger partial charge in [0.15, 0.2) is 11.5 Å². The van der Waals surface area contributed by atoms with E-state index in [2.05, 4.69) is 12.2 Å². The molecule has 98 valence electrons.